The van der Waals surface area contributed by atoms with Gasteiger partial charge < -0.3 is 4.74 Å². The van der Waals surface area contributed by atoms with Gasteiger partial charge in [-0.2, -0.15) is 13.2 Å². The number of hydrogen-bond acceptors (Lipinski definition) is 3. The lowest BCUT2D eigenvalue weighted by Gasteiger charge is -2.05. The molecule has 0 bridgehead atoms. The Kier molecular flexibility index (Phi) is 3.80. The number of hydrogen-bond donors (Lipinski definition) is 0. The quantitative estimate of drug-likeness (QED) is 0.778. The Morgan fingerprint density at radius 1 is 1.32 bits per heavy atom. The van der Waals surface area contributed by atoms with Gasteiger partial charge in [-0.25, -0.2) is 4.79 Å². The van der Waals surface area contributed by atoms with Crippen LogP contribution in [0.15, 0.2) is 24.3 Å². The van der Waals surface area contributed by atoms with Gasteiger partial charge in [0.1, 0.15) is 4.88 Å². The van der Waals surface area contributed by atoms with Crippen LogP contribution < -0.4 is 0 Å². The van der Waals surface area contributed by atoms with Gasteiger partial charge in [-0.15, -0.1) is 11.3 Å². The first kappa shape index (κ1) is 13.9. The van der Waals surface area contributed by atoms with E-state index in [4.69, 9.17) is 4.74 Å². The summed E-state index contributed by atoms with van der Waals surface area (Å²) < 4.78 is 43.3. The van der Waals surface area contributed by atoms with E-state index in [1.54, 1.807) is 0 Å². The predicted molar refractivity (Wildman–Crippen MR) is 67.4 cm³/mol. The monoisotopic (exact) mass is 288 g/mol. The number of rotatable bonds is 3. The molecule has 0 aliphatic rings. The van der Waals surface area contributed by atoms with Crippen LogP contribution in [-0.2, 0) is 10.9 Å². The van der Waals surface area contributed by atoms with Crippen molar-refractivity contribution in [1.29, 1.82) is 0 Å². The minimum Gasteiger partial charge on any atom is -0.462 e. The van der Waals surface area contributed by atoms with Crippen molar-refractivity contribution in [3.63, 3.8) is 0 Å². The molecule has 0 radical (unpaired) electrons. The van der Waals surface area contributed by atoms with E-state index in [9.17, 15) is 18.0 Å². The number of benzene rings is 1. The van der Waals surface area contributed by atoms with Crippen LogP contribution in [0.4, 0.5) is 13.2 Å². The van der Waals surface area contributed by atoms with Gasteiger partial charge in [0.05, 0.1) is 12.2 Å². The van der Waals surface area contributed by atoms with E-state index < -0.39 is 17.7 Å². The molecule has 0 aliphatic carbocycles. The summed E-state index contributed by atoms with van der Waals surface area (Å²) in [6.45, 7) is 2.18. The number of fused-ring (bicyclic) bond motifs is 1. The van der Waals surface area contributed by atoms with Crippen LogP contribution in [-0.4, -0.2) is 12.6 Å². The van der Waals surface area contributed by atoms with Crippen LogP contribution >= 0.6 is 11.3 Å². The van der Waals surface area contributed by atoms with Crippen molar-refractivity contribution in [3.05, 3.63) is 34.7 Å². The van der Waals surface area contributed by atoms with E-state index in [-0.39, 0.29) is 0 Å². The fourth-order valence-corrected chi connectivity index (χ4v) is 2.52. The minimum atomic E-state index is -4.38. The third-order valence-corrected chi connectivity index (χ3v) is 3.58. The van der Waals surface area contributed by atoms with Gasteiger partial charge in [0, 0.05) is 4.70 Å². The van der Waals surface area contributed by atoms with Crippen molar-refractivity contribution in [2.75, 3.05) is 6.61 Å². The smallest absolute Gasteiger partial charge is 0.416 e. The van der Waals surface area contributed by atoms with E-state index in [0.717, 1.165) is 23.5 Å². The molecule has 19 heavy (non-hydrogen) atoms. The molecule has 6 heteroatoms. The van der Waals surface area contributed by atoms with Crippen molar-refractivity contribution in [2.45, 2.75) is 19.5 Å². The van der Waals surface area contributed by atoms with Crippen LogP contribution in [0.1, 0.15) is 28.6 Å². The Balaban J connectivity index is 2.33. The van der Waals surface area contributed by atoms with Gasteiger partial charge in [-0.05, 0) is 36.1 Å². The number of alkyl halides is 3. The number of ether oxygens (including phenoxy) is 1. The van der Waals surface area contributed by atoms with E-state index in [1.807, 2.05) is 6.92 Å². The molecule has 2 aromatic rings. The molecule has 0 spiro atoms. The minimum absolute atomic E-state index is 0.306. The number of halogens is 3. The molecule has 1 heterocycles. The summed E-state index contributed by atoms with van der Waals surface area (Å²) >= 11 is 1.13. The standard InChI is InChI=1S/C13H11F3O2S/c1-2-5-18-12(17)11-7-8-6-9(13(14,15)16)3-4-10(8)19-11/h3-4,6-7H,2,5H2,1H3. The molecule has 2 rings (SSSR count). The fraction of sp³-hybridized carbons (Fsp3) is 0.308. The largest absolute Gasteiger partial charge is 0.462 e. The van der Waals surface area contributed by atoms with Crippen molar-refractivity contribution < 1.29 is 22.7 Å². The van der Waals surface area contributed by atoms with Crippen molar-refractivity contribution in [2.24, 2.45) is 0 Å². The summed E-state index contributed by atoms with van der Waals surface area (Å²) in [5.74, 6) is -0.489. The van der Waals surface area contributed by atoms with E-state index in [2.05, 4.69) is 0 Å². The Morgan fingerprint density at radius 2 is 2.05 bits per heavy atom. The molecule has 0 saturated heterocycles. The van der Waals surface area contributed by atoms with Crippen molar-refractivity contribution in [1.82, 2.24) is 0 Å². The Bertz CT molecular complexity index is 601. The maximum Gasteiger partial charge on any atom is 0.416 e. The van der Waals surface area contributed by atoms with Gasteiger partial charge in [0.15, 0.2) is 0 Å². The first-order valence-electron chi connectivity index (χ1n) is 5.69. The second kappa shape index (κ2) is 5.21. The lowest BCUT2D eigenvalue weighted by molar-refractivity contribution is -0.137. The second-order valence-electron chi connectivity index (χ2n) is 4.00. The number of carbonyl (C=O) groups excluding carboxylic acids is 1. The molecule has 0 unspecified atom stereocenters. The zero-order valence-corrected chi connectivity index (χ0v) is 10.9. The molecule has 0 aliphatic heterocycles. The summed E-state index contributed by atoms with van der Waals surface area (Å²) in [5.41, 5.74) is -0.716. The van der Waals surface area contributed by atoms with E-state index >= 15 is 0 Å². The molecule has 0 amide bonds. The van der Waals surface area contributed by atoms with Crippen molar-refractivity contribution in [3.8, 4) is 0 Å². The molecule has 0 N–H and O–H groups in total. The summed E-state index contributed by atoms with van der Waals surface area (Å²) in [6.07, 6.45) is -3.67. The second-order valence-corrected chi connectivity index (χ2v) is 5.08. The Labute approximate surface area is 111 Å². The van der Waals surface area contributed by atoms with E-state index in [1.165, 1.54) is 12.1 Å². The number of thiophene rings is 1. The van der Waals surface area contributed by atoms with Gasteiger partial charge >= 0.3 is 12.1 Å². The highest BCUT2D eigenvalue weighted by atomic mass is 32.1. The lowest BCUT2D eigenvalue weighted by atomic mass is 10.1. The zero-order valence-electron chi connectivity index (χ0n) is 10.1. The number of carbonyl (C=O) groups is 1. The molecular formula is C13H11F3O2S. The van der Waals surface area contributed by atoms with Gasteiger partial charge in [-0.1, -0.05) is 6.92 Å². The fourth-order valence-electron chi connectivity index (χ4n) is 1.59. The average Bonchev–Trinajstić information content (AvgIpc) is 2.77. The van der Waals surface area contributed by atoms with Crippen LogP contribution in [0, 0.1) is 0 Å². The van der Waals surface area contributed by atoms with Crippen LogP contribution in [0.2, 0.25) is 0 Å². The highest BCUT2D eigenvalue weighted by Gasteiger charge is 2.30. The summed E-state index contributed by atoms with van der Waals surface area (Å²) in [7, 11) is 0. The predicted octanol–water partition coefficient (Wildman–Crippen LogP) is 4.49. The normalized spacial score (nSPS) is 11.8. The van der Waals surface area contributed by atoms with Crippen LogP contribution in [0.5, 0.6) is 0 Å². The van der Waals surface area contributed by atoms with Crippen LogP contribution in [0.3, 0.4) is 0 Å². The molecule has 0 saturated carbocycles. The molecule has 1 aromatic carbocycles. The first-order chi connectivity index (χ1) is 8.91. The third kappa shape index (κ3) is 3.07. The Hall–Kier alpha value is -1.56. The van der Waals surface area contributed by atoms with E-state index in [0.29, 0.717) is 28.0 Å². The zero-order chi connectivity index (χ0) is 14.0. The maximum atomic E-state index is 12.6. The van der Waals surface area contributed by atoms with Crippen LogP contribution in [0.25, 0.3) is 10.1 Å². The lowest BCUT2D eigenvalue weighted by Crippen LogP contribution is -2.04. The molecule has 2 nitrogen and oxygen atoms in total. The average molecular weight is 288 g/mol. The maximum absolute atomic E-state index is 12.6. The summed E-state index contributed by atoms with van der Waals surface area (Å²) in [4.78, 5) is 11.9. The molecule has 0 fully saturated rings. The van der Waals surface area contributed by atoms with Gasteiger partial charge in [-0.3, -0.25) is 0 Å². The first-order valence-corrected chi connectivity index (χ1v) is 6.51. The van der Waals surface area contributed by atoms with Gasteiger partial charge in [0.25, 0.3) is 0 Å². The third-order valence-electron chi connectivity index (χ3n) is 2.48. The molecule has 102 valence electrons. The SMILES string of the molecule is CCCOC(=O)c1cc2cc(C(F)(F)F)ccc2s1. The van der Waals surface area contributed by atoms with Gasteiger partial charge in [0.2, 0.25) is 0 Å². The number of esters is 1. The topological polar surface area (TPSA) is 26.3 Å². The highest BCUT2D eigenvalue weighted by molar-refractivity contribution is 7.20. The summed E-state index contributed by atoms with van der Waals surface area (Å²) in [6, 6.07) is 4.87. The molecule has 0 atom stereocenters. The summed E-state index contributed by atoms with van der Waals surface area (Å²) in [5, 5.41) is 0.406. The Morgan fingerprint density at radius 3 is 2.68 bits per heavy atom. The highest BCUT2D eigenvalue weighted by Crippen LogP contribution is 2.34. The molecular weight excluding hydrogens is 277 g/mol. The molecule has 1 aromatic heterocycles. The van der Waals surface area contributed by atoms with Crippen molar-refractivity contribution >= 4 is 27.4 Å².